The molecule has 0 radical (unpaired) electrons. The van der Waals surface area contributed by atoms with Crippen molar-refractivity contribution in [2.45, 2.75) is 33.6 Å². The Balaban J connectivity index is 2.35. The van der Waals surface area contributed by atoms with Gasteiger partial charge in [-0.2, -0.15) is 0 Å². The monoisotopic (exact) mass is 437 g/mol. The quantitative estimate of drug-likeness (QED) is 0.621. The molecule has 0 aliphatic carbocycles. The maximum atomic E-state index is 13.7. The molecule has 0 saturated carbocycles. The van der Waals surface area contributed by atoms with Crippen LogP contribution in [0.3, 0.4) is 0 Å². The van der Waals surface area contributed by atoms with Gasteiger partial charge in [-0.15, -0.1) is 0 Å². The summed E-state index contributed by atoms with van der Waals surface area (Å²) >= 11 is 0. The highest BCUT2D eigenvalue weighted by Gasteiger charge is 2.40. The van der Waals surface area contributed by atoms with Gasteiger partial charge >= 0.3 is 11.9 Å². The molecule has 1 heterocycles. The molecule has 0 fully saturated rings. The van der Waals surface area contributed by atoms with E-state index in [2.05, 4.69) is 5.32 Å². The van der Waals surface area contributed by atoms with E-state index in [-0.39, 0.29) is 24.7 Å². The summed E-state index contributed by atoms with van der Waals surface area (Å²) in [5.74, 6) is -2.31. The number of hydrogen-bond acceptors (Lipinski definition) is 5. The van der Waals surface area contributed by atoms with Crippen molar-refractivity contribution in [3.05, 3.63) is 88.4 Å². The maximum Gasteiger partial charge on any atom is 0.337 e. The SMILES string of the molecule is CCOC(=O)C1=C(c2ccccc2)NC(C(C)C)=C(C(=O)OCC)C1c1ccc(F)cc1. The van der Waals surface area contributed by atoms with E-state index >= 15 is 0 Å². The van der Waals surface area contributed by atoms with Crippen molar-refractivity contribution in [3.8, 4) is 0 Å². The van der Waals surface area contributed by atoms with E-state index in [1.807, 2.05) is 44.2 Å². The molecule has 2 aromatic rings. The first-order valence-electron chi connectivity index (χ1n) is 10.8. The van der Waals surface area contributed by atoms with Gasteiger partial charge in [0, 0.05) is 5.70 Å². The molecule has 0 amide bonds. The molecule has 1 N–H and O–H groups in total. The number of hydrogen-bond donors (Lipinski definition) is 1. The van der Waals surface area contributed by atoms with E-state index in [9.17, 15) is 14.0 Å². The number of ether oxygens (including phenoxy) is 2. The second kappa shape index (κ2) is 10.3. The van der Waals surface area contributed by atoms with Gasteiger partial charge < -0.3 is 14.8 Å². The highest BCUT2D eigenvalue weighted by Crippen LogP contribution is 2.43. The van der Waals surface area contributed by atoms with Crippen LogP contribution in [0.5, 0.6) is 0 Å². The second-order valence-corrected chi connectivity index (χ2v) is 7.69. The molecule has 32 heavy (non-hydrogen) atoms. The van der Waals surface area contributed by atoms with Crippen molar-refractivity contribution in [1.82, 2.24) is 5.32 Å². The molecule has 1 aliphatic heterocycles. The van der Waals surface area contributed by atoms with Crippen molar-refractivity contribution < 1.29 is 23.5 Å². The van der Waals surface area contributed by atoms with Gasteiger partial charge in [0.1, 0.15) is 5.82 Å². The predicted octanol–water partition coefficient (Wildman–Crippen LogP) is 4.96. The summed E-state index contributed by atoms with van der Waals surface area (Å²) < 4.78 is 24.5. The molecule has 2 aromatic carbocycles. The molecule has 168 valence electrons. The Kier molecular flexibility index (Phi) is 7.46. The van der Waals surface area contributed by atoms with Crippen LogP contribution in [0.1, 0.15) is 44.7 Å². The Hall–Kier alpha value is -3.41. The number of rotatable bonds is 7. The van der Waals surface area contributed by atoms with Crippen LogP contribution in [0.2, 0.25) is 0 Å². The van der Waals surface area contributed by atoms with E-state index in [4.69, 9.17) is 9.47 Å². The summed E-state index contributed by atoms with van der Waals surface area (Å²) in [6.07, 6.45) is 0. The second-order valence-electron chi connectivity index (χ2n) is 7.69. The van der Waals surface area contributed by atoms with Crippen LogP contribution in [0, 0.1) is 11.7 Å². The molecule has 0 aromatic heterocycles. The summed E-state index contributed by atoms with van der Waals surface area (Å²) in [5.41, 5.74) is 3.22. The molecule has 1 aliphatic rings. The predicted molar refractivity (Wildman–Crippen MR) is 121 cm³/mol. The van der Waals surface area contributed by atoms with E-state index < -0.39 is 23.7 Å². The van der Waals surface area contributed by atoms with Gasteiger partial charge in [0.15, 0.2) is 0 Å². The molecular formula is C26H28FNO4. The van der Waals surface area contributed by atoms with Gasteiger partial charge in [-0.3, -0.25) is 0 Å². The molecule has 0 spiro atoms. The molecule has 1 unspecified atom stereocenters. The van der Waals surface area contributed by atoms with Gasteiger partial charge in [0.2, 0.25) is 0 Å². The van der Waals surface area contributed by atoms with E-state index in [0.29, 0.717) is 22.5 Å². The minimum absolute atomic E-state index is 0.0696. The topological polar surface area (TPSA) is 64.6 Å². The minimum Gasteiger partial charge on any atom is -0.463 e. The van der Waals surface area contributed by atoms with E-state index in [0.717, 1.165) is 5.56 Å². The average molecular weight is 438 g/mol. The maximum absolute atomic E-state index is 13.7. The third kappa shape index (κ3) is 4.74. The third-order valence-electron chi connectivity index (χ3n) is 5.23. The van der Waals surface area contributed by atoms with Crippen LogP contribution in [-0.2, 0) is 19.1 Å². The fourth-order valence-corrected chi connectivity index (χ4v) is 3.86. The fourth-order valence-electron chi connectivity index (χ4n) is 3.86. The average Bonchev–Trinajstić information content (AvgIpc) is 2.79. The van der Waals surface area contributed by atoms with Gasteiger partial charge in [-0.1, -0.05) is 56.3 Å². The lowest BCUT2D eigenvalue weighted by Crippen LogP contribution is -2.35. The minimum atomic E-state index is -0.775. The Morgan fingerprint density at radius 3 is 2.00 bits per heavy atom. The van der Waals surface area contributed by atoms with Gasteiger partial charge in [0.25, 0.3) is 0 Å². The number of nitrogens with one attached hydrogen (secondary N) is 1. The molecule has 1 atom stereocenters. The molecule has 6 heteroatoms. The molecule has 0 bridgehead atoms. The fraction of sp³-hybridized carbons (Fsp3) is 0.308. The lowest BCUT2D eigenvalue weighted by Gasteiger charge is -2.34. The first-order valence-corrected chi connectivity index (χ1v) is 10.8. The van der Waals surface area contributed by atoms with Crippen LogP contribution in [0.15, 0.2) is 71.4 Å². The largest absolute Gasteiger partial charge is 0.463 e. The summed E-state index contributed by atoms with van der Waals surface area (Å²) in [4.78, 5) is 26.4. The standard InChI is InChI=1S/C26H28FNO4/c1-5-31-25(29)21-20(17-12-14-19(27)15-13-17)22(26(30)32-6-2)24(28-23(21)16(3)4)18-10-8-7-9-11-18/h7-16,20,28H,5-6H2,1-4H3. The number of carbonyl (C=O) groups is 2. The van der Waals surface area contributed by atoms with E-state index in [1.54, 1.807) is 26.0 Å². The summed E-state index contributed by atoms with van der Waals surface area (Å²) in [6.45, 7) is 7.74. The number of benzene rings is 2. The van der Waals surface area contributed by atoms with Gasteiger partial charge in [-0.05, 0) is 43.0 Å². The lowest BCUT2D eigenvalue weighted by atomic mass is 9.77. The number of dihydropyridines is 1. The van der Waals surface area contributed by atoms with Gasteiger partial charge in [-0.25, -0.2) is 14.0 Å². The van der Waals surface area contributed by atoms with Crippen molar-refractivity contribution in [2.75, 3.05) is 13.2 Å². The Morgan fingerprint density at radius 2 is 1.47 bits per heavy atom. The zero-order valence-electron chi connectivity index (χ0n) is 18.8. The zero-order valence-corrected chi connectivity index (χ0v) is 18.8. The number of carbonyl (C=O) groups excluding carboxylic acids is 2. The summed E-state index contributed by atoms with van der Waals surface area (Å²) in [6, 6.07) is 15.2. The zero-order chi connectivity index (χ0) is 23.3. The number of allylic oxidation sites excluding steroid dienone is 1. The first kappa shape index (κ1) is 23.3. The van der Waals surface area contributed by atoms with Crippen molar-refractivity contribution >= 4 is 17.6 Å². The Labute approximate surface area is 187 Å². The third-order valence-corrected chi connectivity index (χ3v) is 5.23. The Morgan fingerprint density at radius 1 is 0.906 bits per heavy atom. The van der Waals surface area contributed by atoms with Crippen molar-refractivity contribution in [3.63, 3.8) is 0 Å². The van der Waals surface area contributed by atoms with Crippen molar-refractivity contribution in [2.24, 2.45) is 5.92 Å². The highest BCUT2D eigenvalue weighted by atomic mass is 19.1. The summed E-state index contributed by atoms with van der Waals surface area (Å²) in [7, 11) is 0. The number of esters is 2. The molecular weight excluding hydrogens is 409 g/mol. The van der Waals surface area contributed by atoms with Crippen LogP contribution in [0.4, 0.5) is 4.39 Å². The first-order chi connectivity index (χ1) is 15.4. The van der Waals surface area contributed by atoms with Crippen LogP contribution < -0.4 is 5.32 Å². The van der Waals surface area contributed by atoms with Crippen LogP contribution in [0.25, 0.3) is 5.70 Å². The lowest BCUT2D eigenvalue weighted by molar-refractivity contribution is -0.139. The molecule has 3 rings (SSSR count). The van der Waals surface area contributed by atoms with Crippen LogP contribution >= 0.6 is 0 Å². The summed E-state index contributed by atoms with van der Waals surface area (Å²) in [5, 5.41) is 3.34. The van der Waals surface area contributed by atoms with E-state index in [1.165, 1.54) is 12.1 Å². The highest BCUT2D eigenvalue weighted by molar-refractivity contribution is 6.05. The smallest absolute Gasteiger partial charge is 0.337 e. The normalized spacial score (nSPS) is 16.1. The number of halogens is 1. The van der Waals surface area contributed by atoms with Crippen molar-refractivity contribution in [1.29, 1.82) is 0 Å². The molecule has 5 nitrogen and oxygen atoms in total. The Bertz CT molecular complexity index is 1040. The van der Waals surface area contributed by atoms with Crippen LogP contribution in [-0.4, -0.2) is 25.2 Å². The molecule has 0 saturated heterocycles. The van der Waals surface area contributed by atoms with Gasteiger partial charge in [0.05, 0.1) is 36.0 Å².